The molecule has 0 bridgehead atoms. The van der Waals surface area contributed by atoms with Gasteiger partial charge in [0, 0.05) is 24.5 Å². The number of ether oxygens (including phenoxy) is 1. The molecule has 0 aliphatic rings. The molecule has 1 atom stereocenters. The van der Waals surface area contributed by atoms with Crippen molar-refractivity contribution in [3.05, 3.63) is 123 Å². The summed E-state index contributed by atoms with van der Waals surface area (Å²) in [6.07, 6.45) is 0.191. The van der Waals surface area contributed by atoms with Crippen molar-refractivity contribution in [2.45, 2.75) is 30.8 Å². The second-order valence-electron chi connectivity index (χ2n) is 9.98. The first kappa shape index (κ1) is 34.3. The van der Waals surface area contributed by atoms with Gasteiger partial charge in [0.2, 0.25) is 11.8 Å². The van der Waals surface area contributed by atoms with Crippen LogP contribution in [0.2, 0.25) is 10.0 Å². The maximum atomic E-state index is 14.4. The van der Waals surface area contributed by atoms with Gasteiger partial charge in [-0.15, -0.1) is 0 Å². The number of hydrogen-bond acceptors (Lipinski definition) is 5. The van der Waals surface area contributed by atoms with E-state index in [-0.39, 0.29) is 28.6 Å². The molecule has 0 spiro atoms. The molecule has 0 saturated carbocycles. The minimum Gasteiger partial charge on any atom is -0.494 e. The van der Waals surface area contributed by atoms with Gasteiger partial charge in [0.1, 0.15) is 18.3 Å². The van der Waals surface area contributed by atoms with Crippen LogP contribution in [0.1, 0.15) is 18.1 Å². The summed E-state index contributed by atoms with van der Waals surface area (Å²) in [6.45, 7) is 1.66. The Morgan fingerprint density at radius 2 is 1.56 bits per heavy atom. The fourth-order valence-electron chi connectivity index (χ4n) is 4.69. The molecule has 0 saturated heterocycles. The van der Waals surface area contributed by atoms with E-state index in [0.29, 0.717) is 27.4 Å². The number of nitrogens with one attached hydrogen (secondary N) is 1. The number of carbonyl (C=O) groups excluding carboxylic acids is 2. The zero-order valence-electron chi connectivity index (χ0n) is 24.6. The van der Waals surface area contributed by atoms with E-state index in [1.165, 1.54) is 24.1 Å². The largest absolute Gasteiger partial charge is 0.494 e. The first-order valence-corrected chi connectivity index (χ1v) is 17.0. The smallest absolute Gasteiger partial charge is 0.264 e. The third-order valence-corrected chi connectivity index (χ3v) is 10.0. The minimum absolute atomic E-state index is 0.00412. The Morgan fingerprint density at radius 3 is 2.16 bits per heavy atom. The Hall–Kier alpha value is -3.57. The van der Waals surface area contributed by atoms with Crippen LogP contribution in [0.25, 0.3) is 0 Å². The Labute approximate surface area is 282 Å². The van der Waals surface area contributed by atoms with E-state index in [1.807, 2.05) is 37.3 Å². The van der Waals surface area contributed by atoms with Gasteiger partial charge >= 0.3 is 0 Å². The second-order valence-corrected chi connectivity index (χ2v) is 13.6. The van der Waals surface area contributed by atoms with E-state index in [4.69, 9.17) is 27.9 Å². The van der Waals surface area contributed by atoms with Crippen molar-refractivity contribution in [2.75, 3.05) is 24.5 Å². The van der Waals surface area contributed by atoms with Crippen LogP contribution in [0, 0.1) is 0 Å². The van der Waals surface area contributed by atoms with E-state index in [0.717, 1.165) is 9.87 Å². The average Bonchev–Trinajstić information content (AvgIpc) is 3.04. The molecule has 0 fully saturated rings. The van der Waals surface area contributed by atoms with E-state index < -0.39 is 34.4 Å². The molecule has 0 radical (unpaired) electrons. The number of halogens is 3. The highest BCUT2D eigenvalue weighted by atomic mass is 79.9. The van der Waals surface area contributed by atoms with Crippen LogP contribution >= 0.6 is 39.1 Å². The molecule has 1 unspecified atom stereocenters. The zero-order valence-corrected chi connectivity index (χ0v) is 28.5. The van der Waals surface area contributed by atoms with Crippen molar-refractivity contribution in [1.29, 1.82) is 0 Å². The van der Waals surface area contributed by atoms with Gasteiger partial charge in [-0.3, -0.25) is 13.9 Å². The number of anilines is 1. The Morgan fingerprint density at radius 1 is 0.889 bits per heavy atom. The lowest BCUT2D eigenvalue weighted by molar-refractivity contribution is -0.139. The minimum atomic E-state index is -4.24. The quantitative estimate of drug-likeness (QED) is 0.164. The highest BCUT2D eigenvalue weighted by molar-refractivity contribution is 9.10. The fourth-order valence-corrected chi connectivity index (χ4v) is 6.69. The zero-order chi connectivity index (χ0) is 32.6. The molecule has 2 amide bonds. The van der Waals surface area contributed by atoms with Gasteiger partial charge < -0.3 is 15.0 Å². The molecular formula is C33H32BrCl2N3O5S. The van der Waals surface area contributed by atoms with Crippen molar-refractivity contribution >= 4 is 66.7 Å². The Kier molecular flexibility index (Phi) is 11.9. The lowest BCUT2D eigenvalue weighted by Crippen LogP contribution is -2.53. The molecule has 8 nitrogen and oxygen atoms in total. The lowest BCUT2D eigenvalue weighted by Gasteiger charge is -2.33. The maximum Gasteiger partial charge on any atom is 0.264 e. The second kappa shape index (κ2) is 15.6. The van der Waals surface area contributed by atoms with Gasteiger partial charge in [0.05, 0.1) is 27.2 Å². The number of rotatable bonds is 13. The lowest BCUT2D eigenvalue weighted by atomic mass is 10.0. The van der Waals surface area contributed by atoms with Crippen LogP contribution in [0.4, 0.5) is 5.69 Å². The summed E-state index contributed by atoms with van der Waals surface area (Å²) >= 11 is 15.8. The molecular weight excluding hydrogens is 701 g/mol. The van der Waals surface area contributed by atoms with E-state index in [9.17, 15) is 18.0 Å². The predicted molar refractivity (Wildman–Crippen MR) is 181 cm³/mol. The summed E-state index contributed by atoms with van der Waals surface area (Å²) in [5.41, 5.74) is 1.69. The molecule has 0 aliphatic heterocycles. The van der Waals surface area contributed by atoms with Gasteiger partial charge in [0.15, 0.2) is 0 Å². The van der Waals surface area contributed by atoms with Crippen molar-refractivity contribution < 1.29 is 22.7 Å². The third-order valence-electron chi connectivity index (χ3n) is 6.97. The number of likely N-dealkylation sites (N-methyl/N-ethyl adjacent to an activating group) is 1. The predicted octanol–water partition coefficient (Wildman–Crippen LogP) is 6.74. The van der Waals surface area contributed by atoms with Crippen LogP contribution in [-0.4, -0.2) is 51.4 Å². The van der Waals surface area contributed by atoms with Crippen LogP contribution < -0.4 is 14.4 Å². The summed E-state index contributed by atoms with van der Waals surface area (Å²) in [5, 5.41) is 3.29. The summed E-state index contributed by atoms with van der Waals surface area (Å²) in [5.74, 6) is -0.451. The van der Waals surface area contributed by atoms with Crippen LogP contribution in [0.3, 0.4) is 0 Å². The Bertz CT molecular complexity index is 1720. The summed E-state index contributed by atoms with van der Waals surface area (Å²) in [4.78, 5) is 29.1. The molecule has 0 heterocycles. The fraction of sp³-hybridized carbons (Fsp3) is 0.212. The van der Waals surface area contributed by atoms with Gasteiger partial charge in [-0.05, 0) is 78.7 Å². The monoisotopic (exact) mass is 731 g/mol. The highest BCUT2D eigenvalue weighted by Crippen LogP contribution is 2.29. The molecule has 236 valence electrons. The summed E-state index contributed by atoms with van der Waals surface area (Å²) in [7, 11) is -2.74. The molecule has 0 aliphatic carbocycles. The van der Waals surface area contributed by atoms with Crippen LogP contribution in [0.5, 0.6) is 5.75 Å². The average molecular weight is 734 g/mol. The van der Waals surface area contributed by atoms with Crippen LogP contribution in [-0.2, 0) is 32.6 Å². The summed E-state index contributed by atoms with van der Waals surface area (Å²) in [6, 6.07) is 25.8. The van der Waals surface area contributed by atoms with Crippen molar-refractivity contribution in [2.24, 2.45) is 0 Å². The number of amides is 2. The topological polar surface area (TPSA) is 96.0 Å². The van der Waals surface area contributed by atoms with Gasteiger partial charge in [-0.25, -0.2) is 8.42 Å². The van der Waals surface area contributed by atoms with E-state index in [2.05, 4.69) is 21.2 Å². The first-order chi connectivity index (χ1) is 21.5. The van der Waals surface area contributed by atoms with Crippen molar-refractivity contribution in [1.82, 2.24) is 10.2 Å². The number of carbonyl (C=O) groups is 2. The SMILES string of the molecule is CCOc1ccc(N(CC(=O)N(Cc2ccc(Cl)c(Cl)c2)C(Cc2ccccc2)C(=O)NC)S(=O)(=O)c2ccc(Br)cc2)cc1. The van der Waals surface area contributed by atoms with Crippen molar-refractivity contribution in [3.8, 4) is 5.75 Å². The third kappa shape index (κ3) is 8.79. The molecule has 4 rings (SSSR count). The van der Waals surface area contributed by atoms with Crippen LogP contribution in [0.15, 0.2) is 106 Å². The normalized spacial score (nSPS) is 11.8. The molecule has 4 aromatic rings. The first-order valence-electron chi connectivity index (χ1n) is 14.0. The van der Waals surface area contributed by atoms with E-state index >= 15 is 0 Å². The number of hydrogen-bond donors (Lipinski definition) is 1. The maximum absolute atomic E-state index is 14.4. The number of sulfonamides is 1. The summed E-state index contributed by atoms with van der Waals surface area (Å²) < 4.78 is 35.5. The van der Waals surface area contributed by atoms with Gasteiger partial charge in [-0.1, -0.05) is 75.5 Å². The van der Waals surface area contributed by atoms with Gasteiger partial charge in [0.25, 0.3) is 10.0 Å². The molecule has 4 aromatic carbocycles. The molecule has 1 N–H and O–H groups in total. The highest BCUT2D eigenvalue weighted by Gasteiger charge is 2.34. The van der Waals surface area contributed by atoms with Gasteiger partial charge in [-0.2, -0.15) is 0 Å². The standard InChI is InChI=1S/C33H32BrCl2N3O5S/c1-3-44-27-14-12-26(13-15-27)39(45(42,43)28-16-10-25(34)11-17-28)22-32(40)38(21-24-9-18-29(35)30(36)19-24)31(33(41)37-2)20-23-7-5-4-6-8-23/h4-19,31H,3,20-22H2,1-2H3,(H,37,41). The molecule has 45 heavy (non-hydrogen) atoms. The van der Waals surface area contributed by atoms with Crippen molar-refractivity contribution in [3.63, 3.8) is 0 Å². The molecule has 0 aromatic heterocycles. The van der Waals surface area contributed by atoms with E-state index in [1.54, 1.807) is 54.6 Å². The number of nitrogens with zero attached hydrogens (tertiary/aromatic N) is 2. The Balaban J connectivity index is 1.79. The number of benzene rings is 4. The molecule has 12 heteroatoms.